The van der Waals surface area contributed by atoms with Gasteiger partial charge in [-0.3, -0.25) is 9.59 Å². The van der Waals surface area contributed by atoms with Crippen molar-refractivity contribution < 1.29 is 9.59 Å². The fraction of sp³-hybridized carbons (Fsp3) is 0.524. The fourth-order valence-corrected chi connectivity index (χ4v) is 3.19. The standard InChI is InChI=1S/C21H30N2O2/c1-13(2)12-16-17(21(16,6)7)19(25)22-15-10-8-14(9-11-15)18(24)23-20(3,4)5/h8-12,16-17H,1-7H3,(H,22,25)(H,23,24)/t16-,17-/m0/s1. The first-order valence-electron chi connectivity index (χ1n) is 8.80. The van der Waals surface area contributed by atoms with E-state index >= 15 is 0 Å². The zero-order chi connectivity index (χ0) is 19.0. The van der Waals surface area contributed by atoms with Gasteiger partial charge in [-0.1, -0.05) is 25.5 Å². The normalized spacial score (nSPS) is 21.2. The van der Waals surface area contributed by atoms with E-state index < -0.39 is 0 Å². The molecule has 0 spiro atoms. The highest BCUT2D eigenvalue weighted by atomic mass is 16.2. The van der Waals surface area contributed by atoms with Gasteiger partial charge in [0.1, 0.15) is 0 Å². The molecule has 1 aromatic rings. The van der Waals surface area contributed by atoms with Gasteiger partial charge in [0.2, 0.25) is 5.91 Å². The van der Waals surface area contributed by atoms with Gasteiger partial charge in [0, 0.05) is 16.8 Å². The van der Waals surface area contributed by atoms with E-state index in [0.29, 0.717) is 5.56 Å². The summed E-state index contributed by atoms with van der Waals surface area (Å²) in [5.41, 5.74) is 2.26. The monoisotopic (exact) mass is 342 g/mol. The van der Waals surface area contributed by atoms with Gasteiger partial charge < -0.3 is 10.6 Å². The number of nitrogens with one attached hydrogen (secondary N) is 2. The molecule has 136 valence electrons. The second-order valence-corrected chi connectivity index (χ2v) is 8.84. The summed E-state index contributed by atoms with van der Waals surface area (Å²) in [5, 5.41) is 5.90. The van der Waals surface area contributed by atoms with Gasteiger partial charge in [-0.05, 0) is 70.2 Å². The Bertz CT molecular complexity index is 690. The predicted octanol–water partition coefficient (Wildman–Crippen LogP) is 4.39. The van der Waals surface area contributed by atoms with Gasteiger partial charge in [0.05, 0.1) is 5.92 Å². The summed E-state index contributed by atoms with van der Waals surface area (Å²) < 4.78 is 0. The first-order valence-corrected chi connectivity index (χ1v) is 8.80. The Balaban J connectivity index is 2.01. The van der Waals surface area contributed by atoms with Crippen molar-refractivity contribution in [3.8, 4) is 0 Å². The van der Waals surface area contributed by atoms with Crippen molar-refractivity contribution in [2.45, 2.75) is 54.0 Å². The van der Waals surface area contributed by atoms with Crippen LogP contribution in [0.2, 0.25) is 0 Å². The molecule has 0 aliphatic heterocycles. The Hall–Kier alpha value is -2.10. The van der Waals surface area contributed by atoms with Crippen molar-refractivity contribution >= 4 is 17.5 Å². The van der Waals surface area contributed by atoms with Crippen molar-refractivity contribution in [1.29, 1.82) is 0 Å². The van der Waals surface area contributed by atoms with E-state index in [1.165, 1.54) is 5.57 Å². The van der Waals surface area contributed by atoms with Crippen molar-refractivity contribution in [3.63, 3.8) is 0 Å². The molecule has 0 saturated heterocycles. The third-order valence-electron chi connectivity index (χ3n) is 4.61. The van der Waals surface area contributed by atoms with E-state index in [1.54, 1.807) is 24.3 Å². The highest BCUT2D eigenvalue weighted by molar-refractivity contribution is 5.97. The third-order valence-corrected chi connectivity index (χ3v) is 4.61. The van der Waals surface area contributed by atoms with E-state index in [0.717, 1.165) is 5.69 Å². The molecule has 2 atom stereocenters. The van der Waals surface area contributed by atoms with Crippen LogP contribution in [0.3, 0.4) is 0 Å². The largest absolute Gasteiger partial charge is 0.347 e. The molecule has 1 fully saturated rings. The highest BCUT2D eigenvalue weighted by Crippen LogP contribution is 2.59. The van der Waals surface area contributed by atoms with E-state index in [4.69, 9.17) is 0 Å². The lowest BCUT2D eigenvalue weighted by molar-refractivity contribution is -0.118. The molecule has 1 aromatic carbocycles. The van der Waals surface area contributed by atoms with Gasteiger partial charge >= 0.3 is 0 Å². The van der Waals surface area contributed by atoms with Crippen LogP contribution in [0.5, 0.6) is 0 Å². The van der Waals surface area contributed by atoms with Gasteiger partial charge in [0.25, 0.3) is 5.91 Å². The predicted molar refractivity (Wildman–Crippen MR) is 102 cm³/mol. The summed E-state index contributed by atoms with van der Waals surface area (Å²) in [6.07, 6.45) is 2.18. The van der Waals surface area contributed by atoms with Gasteiger partial charge in [-0.2, -0.15) is 0 Å². The molecule has 1 aliphatic rings. The summed E-state index contributed by atoms with van der Waals surface area (Å²) >= 11 is 0. The van der Waals surface area contributed by atoms with Crippen LogP contribution in [0.15, 0.2) is 35.9 Å². The van der Waals surface area contributed by atoms with Crippen molar-refractivity contribution in [1.82, 2.24) is 5.32 Å². The molecule has 4 heteroatoms. The van der Waals surface area contributed by atoms with Crippen LogP contribution in [0, 0.1) is 17.3 Å². The van der Waals surface area contributed by atoms with Crippen LogP contribution < -0.4 is 10.6 Å². The Morgan fingerprint density at radius 2 is 1.64 bits per heavy atom. The molecule has 4 nitrogen and oxygen atoms in total. The number of rotatable bonds is 4. The maximum absolute atomic E-state index is 12.6. The van der Waals surface area contributed by atoms with Crippen molar-refractivity contribution in [3.05, 3.63) is 41.5 Å². The minimum Gasteiger partial charge on any atom is -0.347 e. The maximum Gasteiger partial charge on any atom is 0.251 e. The SMILES string of the molecule is CC(C)=C[C@H]1[C@@H](C(=O)Nc2ccc(C(=O)NC(C)(C)C)cc2)C1(C)C. The minimum absolute atomic E-state index is 0.00606. The average Bonchev–Trinajstić information content (AvgIpc) is 2.97. The molecular formula is C21H30N2O2. The van der Waals surface area contributed by atoms with Crippen LogP contribution in [0.4, 0.5) is 5.69 Å². The van der Waals surface area contributed by atoms with Gasteiger partial charge in [-0.25, -0.2) is 0 Å². The molecule has 2 rings (SSSR count). The Morgan fingerprint density at radius 1 is 1.08 bits per heavy atom. The van der Waals surface area contributed by atoms with Crippen LogP contribution in [0.25, 0.3) is 0 Å². The minimum atomic E-state index is -0.276. The summed E-state index contributed by atoms with van der Waals surface area (Å²) in [4.78, 5) is 24.7. The van der Waals surface area contributed by atoms with Crippen LogP contribution >= 0.6 is 0 Å². The number of anilines is 1. The van der Waals surface area contributed by atoms with Crippen molar-refractivity contribution in [2.24, 2.45) is 17.3 Å². The van der Waals surface area contributed by atoms with Gasteiger partial charge in [0.15, 0.2) is 0 Å². The Kier molecular flexibility index (Phi) is 5.12. The Labute approximate surface area is 151 Å². The Morgan fingerprint density at radius 3 is 2.12 bits per heavy atom. The molecule has 0 unspecified atom stereocenters. The number of benzene rings is 1. The summed E-state index contributed by atoms with van der Waals surface area (Å²) in [6.45, 7) is 14.2. The molecule has 0 aromatic heterocycles. The number of amides is 2. The summed E-state index contributed by atoms with van der Waals surface area (Å²) in [6, 6.07) is 7.03. The number of carbonyl (C=O) groups excluding carboxylic acids is 2. The van der Waals surface area contributed by atoms with Crippen LogP contribution in [-0.2, 0) is 4.79 Å². The first-order chi connectivity index (χ1) is 11.4. The quantitative estimate of drug-likeness (QED) is 0.797. The van der Waals surface area contributed by atoms with Crippen molar-refractivity contribution in [2.75, 3.05) is 5.32 Å². The molecule has 1 aliphatic carbocycles. The average molecular weight is 342 g/mol. The summed E-state index contributed by atoms with van der Waals surface area (Å²) in [7, 11) is 0. The highest BCUT2D eigenvalue weighted by Gasteiger charge is 2.60. The molecular weight excluding hydrogens is 312 g/mol. The smallest absolute Gasteiger partial charge is 0.251 e. The maximum atomic E-state index is 12.6. The number of allylic oxidation sites excluding steroid dienone is 2. The van der Waals surface area contributed by atoms with Gasteiger partial charge in [-0.15, -0.1) is 0 Å². The van der Waals surface area contributed by atoms with E-state index in [9.17, 15) is 9.59 Å². The zero-order valence-corrected chi connectivity index (χ0v) is 16.4. The molecule has 0 heterocycles. The van der Waals surface area contributed by atoms with E-state index in [2.05, 4.69) is 44.4 Å². The fourth-order valence-electron chi connectivity index (χ4n) is 3.19. The second kappa shape index (κ2) is 6.66. The number of hydrogen-bond acceptors (Lipinski definition) is 2. The van der Waals surface area contributed by atoms with E-state index in [1.807, 2.05) is 20.8 Å². The molecule has 25 heavy (non-hydrogen) atoms. The number of carbonyl (C=O) groups is 2. The molecule has 0 radical (unpaired) electrons. The third kappa shape index (κ3) is 4.71. The van der Waals surface area contributed by atoms with Crippen LogP contribution in [0.1, 0.15) is 58.8 Å². The molecule has 2 N–H and O–H groups in total. The molecule has 0 bridgehead atoms. The lowest BCUT2D eigenvalue weighted by Gasteiger charge is -2.20. The van der Waals surface area contributed by atoms with Crippen LogP contribution in [-0.4, -0.2) is 17.4 Å². The van der Waals surface area contributed by atoms with E-state index in [-0.39, 0.29) is 34.6 Å². The second-order valence-electron chi connectivity index (χ2n) is 8.84. The zero-order valence-electron chi connectivity index (χ0n) is 16.4. The lowest BCUT2D eigenvalue weighted by Crippen LogP contribution is -2.40. The first kappa shape index (κ1) is 19.2. The number of hydrogen-bond donors (Lipinski definition) is 2. The molecule has 2 amide bonds. The lowest BCUT2D eigenvalue weighted by atomic mass is 10.1. The molecule has 1 saturated carbocycles. The topological polar surface area (TPSA) is 58.2 Å². The summed E-state index contributed by atoms with van der Waals surface area (Å²) in [5.74, 6) is 0.206.